The highest BCUT2D eigenvalue weighted by Crippen LogP contribution is 1.99. The standard InChI is InChI=1S/C5H4N4.BH2O2/c1-4-5(8-2-6-1)9-3-7-4;2-1-3/h1-3H,(H,6,7,8,9);2-3H. The van der Waals surface area contributed by atoms with E-state index in [0.717, 1.165) is 5.52 Å². The van der Waals surface area contributed by atoms with Gasteiger partial charge in [0, 0.05) is 0 Å². The van der Waals surface area contributed by atoms with Crippen LogP contribution < -0.4 is 0 Å². The molecular formula is C5H6BN4O2. The van der Waals surface area contributed by atoms with Gasteiger partial charge in [-0.3, -0.25) is 0 Å². The van der Waals surface area contributed by atoms with Crippen LogP contribution in [0.1, 0.15) is 0 Å². The van der Waals surface area contributed by atoms with Crippen LogP contribution in [0.2, 0.25) is 0 Å². The number of rotatable bonds is 0. The molecule has 2 heterocycles. The van der Waals surface area contributed by atoms with E-state index in [4.69, 9.17) is 10.0 Å². The molecule has 0 atom stereocenters. The summed E-state index contributed by atoms with van der Waals surface area (Å²) in [6.07, 6.45) is 4.76. The van der Waals surface area contributed by atoms with Gasteiger partial charge in [-0.2, -0.15) is 0 Å². The molecule has 0 saturated heterocycles. The van der Waals surface area contributed by atoms with Gasteiger partial charge >= 0.3 is 7.69 Å². The maximum atomic E-state index is 7.00. The molecule has 0 fully saturated rings. The van der Waals surface area contributed by atoms with Crippen molar-refractivity contribution in [2.24, 2.45) is 0 Å². The molecule has 7 heteroatoms. The minimum Gasteiger partial charge on any atom is -0.429 e. The first-order chi connectivity index (χ1) is 5.88. The first-order valence-electron chi connectivity index (χ1n) is 3.07. The SMILES string of the molecule is O[B]O.c1ncc2[nH]cnc2n1. The zero-order valence-electron chi connectivity index (χ0n) is 6.05. The predicted octanol–water partition coefficient (Wildman–Crippen LogP) is -1.14. The third-order valence-electron chi connectivity index (χ3n) is 1.10. The van der Waals surface area contributed by atoms with Gasteiger partial charge in [-0.15, -0.1) is 0 Å². The Morgan fingerprint density at radius 1 is 1.33 bits per heavy atom. The van der Waals surface area contributed by atoms with Gasteiger partial charge in [0.15, 0.2) is 5.65 Å². The molecular weight excluding hydrogens is 159 g/mol. The molecule has 0 aliphatic heterocycles. The second kappa shape index (κ2) is 4.42. The minimum atomic E-state index is 0. The van der Waals surface area contributed by atoms with Crippen molar-refractivity contribution in [2.75, 3.05) is 0 Å². The van der Waals surface area contributed by atoms with Crippen LogP contribution in [0.4, 0.5) is 0 Å². The fourth-order valence-corrected chi connectivity index (χ4v) is 0.691. The molecule has 6 nitrogen and oxygen atoms in total. The third kappa shape index (κ3) is 2.01. The van der Waals surface area contributed by atoms with Gasteiger partial charge in [-0.05, 0) is 0 Å². The van der Waals surface area contributed by atoms with Crippen molar-refractivity contribution in [1.82, 2.24) is 19.9 Å². The first kappa shape index (κ1) is 8.63. The number of aromatic amines is 1. The quantitative estimate of drug-likeness (QED) is 0.428. The molecule has 0 aliphatic rings. The monoisotopic (exact) mass is 165 g/mol. The molecule has 0 aromatic carbocycles. The average Bonchev–Trinajstić information content (AvgIpc) is 2.52. The molecule has 2 aromatic heterocycles. The van der Waals surface area contributed by atoms with Crippen LogP contribution >= 0.6 is 0 Å². The summed E-state index contributed by atoms with van der Waals surface area (Å²) in [7, 11) is 0. The summed E-state index contributed by atoms with van der Waals surface area (Å²) in [5.41, 5.74) is 1.59. The van der Waals surface area contributed by atoms with Crippen LogP contribution in [-0.2, 0) is 0 Å². The number of hydrogen-bond acceptors (Lipinski definition) is 5. The van der Waals surface area contributed by atoms with Gasteiger partial charge in [0.2, 0.25) is 0 Å². The van der Waals surface area contributed by atoms with Crippen molar-refractivity contribution < 1.29 is 10.0 Å². The molecule has 0 spiro atoms. The predicted molar refractivity (Wildman–Crippen MR) is 41.9 cm³/mol. The van der Waals surface area contributed by atoms with Gasteiger partial charge in [0.05, 0.1) is 12.5 Å². The highest BCUT2D eigenvalue weighted by molar-refractivity contribution is 6.13. The van der Waals surface area contributed by atoms with E-state index in [0.29, 0.717) is 5.65 Å². The lowest BCUT2D eigenvalue weighted by Crippen LogP contribution is -1.76. The Balaban J connectivity index is 0.000000213. The van der Waals surface area contributed by atoms with Crippen molar-refractivity contribution in [3.8, 4) is 0 Å². The summed E-state index contributed by atoms with van der Waals surface area (Å²) in [5.74, 6) is 0. The Hall–Kier alpha value is -1.47. The van der Waals surface area contributed by atoms with Crippen LogP contribution in [0, 0.1) is 0 Å². The van der Waals surface area contributed by atoms with E-state index in [2.05, 4.69) is 19.9 Å². The number of nitrogens with one attached hydrogen (secondary N) is 1. The molecule has 2 rings (SSSR count). The smallest absolute Gasteiger partial charge is 0.429 e. The summed E-state index contributed by atoms with van der Waals surface area (Å²) in [6.45, 7) is 0. The fourth-order valence-electron chi connectivity index (χ4n) is 0.691. The number of hydrogen-bond donors (Lipinski definition) is 3. The highest BCUT2D eigenvalue weighted by Gasteiger charge is 1.91. The van der Waals surface area contributed by atoms with E-state index in [9.17, 15) is 0 Å². The van der Waals surface area contributed by atoms with Crippen LogP contribution in [0.25, 0.3) is 11.2 Å². The zero-order chi connectivity index (χ0) is 8.81. The summed E-state index contributed by atoms with van der Waals surface area (Å²) >= 11 is 0. The van der Waals surface area contributed by atoms with Crippen LogP contribution in [-0.4, -0.2) is 37.7 Å². The highest BCUT2D eigenvalue weighted by atomic mass is 16.4. The van der Waals surface area contributed by atoms with E-state index in [1.54, 1.807) is 12.5 Å². The number of imidazole rings is 1. The van der Waals surface area contributed by atoms with Gasteiger partial charge in [-0.25, -0.2) is 15.0 Å². The number of aromatic nitrogens is 4. The summed E-state index contributed by atoms with van der Waals surface area (Å²) < 4.78 is 0. The Morgan fingerprint density at radius 2 is 2.08 bits per heavy atom. The third-order valence-corrected chi connectivity index (χ3v) is 1.10. The van der Waals surface area contributed by atoms with Crippen molar-refractivity contribution in [3.05, 3.63) is 18.9 Å². The largest absolute Gasteiger partial charge is 0.482 e. The van der Waals surface area contributed by atoms with E-state index in [1.165, 1.54) is 6.33 Å². The molecule has 3 N–H and O–H groups in total. The average molecular weight is 165 g/mol. The second-order valence-electron chi connectivity index (χ2n) is 1.78. The lowest BCUT2D eigenvalue weighted by molar-refractivity contribution is 0.448. The molecule has 1 radical (unpaired) electrons. The summed E-state index contributed by atoms with van der Waals surface area (Å²) in [5, 5.41) is 14.0. The molecule has 0 bridgehead atoms. The summed E-state index contributed by atoms with van der Waals surface area (Å²) in [6, 6.07) is 0. The zero-order valence-corrected chi connectivity index (χ0v) is 6.05. The normalized spacial score (nSPS) is 8.83. The van der Waals surface area contributed by atoms with Gasteiger partial charge < -0.3 is 15.0 Å². The lowest BCUT2D eigenvalue weighted by atomic mass is 10.5. The fraction of sp³-hybridized carbons (Fsp3) is 0. The molecule has 61 valence electrons. The number of fused-ring (bicyclic) bond motifs is 1. The van der Waals surface area contributed by atoms with Gasteiger partial charge in [-0.1, -0.05) is 0 Å². The van der Waals surface area contributed by atoms with Gasteiger partial charge in [0.25, 0.3) is 0 Å². The van der Waals surface area contributed by atoms with Crippen molar-refractivity contribution in [2.45, 2.75) is 0 Å². The van der Waals surface area contributed by atoms with Crippen molar-refractivity contribution >= 4 is 18.8 Å². The van der Waals surface area contributed by atoms with E-state index >= 15 is 0 Å². The van der Waals surface area contributed by atoms with Crippen LogP contribution in [0.5, 0.6) is 0 Å². The van der Waals surface area contributed by atoms with Crippen molar-refractivity contribution in [3.63, 3.8) is 0 Å². The minimum absolute atomic E-state index is 0. The first-order valence-corrected chi connectivity index (χ1v) is 3.07. The van der Waals surface area contributed by atoms with Crippen LogP contribution in [0.3, 0.4) is 0 Å². The topological polar surface area (TPSA) is 94.9 Å². The number of nitrogens with zero attached hydrogens (tertiary/aromatic N) is 3. The lowest BCUT2D eigenvalue weighted by Gasteiger charge is -1.80. The Labute approximate surface area is 68.6 Å². The molecule has 2 aromatic rings. The molecule has 0 aliphatic carbocycles. The Bertz CT molecular complexity index is 308. The van der Waals surface area contributed by atoms with Crippen LogP contribution in [0.15, 0.2) is 18.9 Å². The Kier molecular flexibility index (Phi) is 3.18. The molecule has 12 heavy (non-hydrogen) atoms. The summed E-state index contributed by atoms with van der Waals surface area (Å²) in [4.78, 5) is 14.5. The molecule has 0 amide bonds. The Morgan fingerprint density at radius 3 is 2.75 bits per heavy atom. The van der Waals surface area contributed by atoms with Crippen molar-refractivity contribution in [1.29, 1.82) is 0 Å². The van der Waals surface area contributed by atoms with Gasteiger partial charge in [0.1, 0.15) is 11.8 Å². The maximum absolute atomic E-state index is 7.00. The van der Waals surface area contributed by atoms with E-state index < -0.39 is 0 Å². The maximum Gasteiger partial charge on any atom is 0.482 e. The van der Waals surface area contributed by atoms with E-state index in [1.807, 2.05) is 0 Å². The second-order valence-corrected chi connectivity index (χ2v) is 1.78. The molecule has 0 unspecified atom stereocenters. The number of H-pyrrole nitrogens is 1. The van der Waals surface area contributed by atoms with E-state index in [-0.39, 0.29) is 7.69 Å². The molecule has 0 saturated carbocycles.